The predicted molar refractivity (Wildman–Crippen MR) is 69.6 cm³/mol. The third-order valence-electron chi connectivity index (χ3n) is 4.11. The molecule has 0 spiro atoms. The zero-order valence-corrected chi connectivity index (χ0v) is 11.7. The van der Waals surface area contributed by atoms with Gasteiger partial charge in [-0.15, -0.1) is 0 Å². The van der Waals surface area contributed by atoms with E-state index in [9.17, 15) is 17.2 Å². The third-order valence-corrected chi connectivity index (χ3v) is 6.07. The van der Waals surface area contributed by atoms with Gasteiger partial charge in [-0.1, -0.05) is 0 Å². The van der Waals surface area contributed by atoms with Crippen LogP contribution < -0.4 is 5.32 Å². The molecule has 0 aliphatic carbocycles. The van der Waals surface area contributed by atoms with E-state index in [2.05, 4.69) is 5.32 Å². The maximum absolute atomic E-state index is 13.8. The summed E-state index contributed by atoms with van der Waals surface area (Å²) in [6.45, 7) is 1.78. The molecule has 1 aromatic rings. The summed E-state index contributed by atoms with van der Waals surface area (Å²) in [5, 5.41) is 3.18. The van der Waals surface area contributed by atoms with E-state index in [0.29, 0.717) is 19.2 Å². The van der Waals surface area contributed by atoms with E-state index in [1.165, 1.54) is 4.31 Å². The summed E-state index contributed by atoms with van der Waals surface area (Å²) >= 11 is 0. The molecule has 0 saturated carbocycles. The summed E-state index contributed by atoms with van der Waals surface area (Å²) in [6, 6.07) is 2.47. The van der Waals surface area contributed by atoms with Gasteiger partial charge in [-0.05, 0) is 37.4 Å². The fourth-order valence-electron chi connectivity index (χ4n) is 3.14. The van der Waals surface area contributed by atoms with Crippen molar-refractivity contribution in [2.75, 3.05) is 19.6 Å². The van der Waals surface area contributed by atoms with Gasteiger partial charge >= 0.3 is 0 Å². The number of fused-ring (bicyclic) bond motifs is 1. The molecule has 2 unspecified atom stereocenters. The van der Waals surface area contributed by atoms with E-state index in [1.54, 1.807) is 0 Å². The number of rotatable bonds is 2. The van der Waals surface area contributed by atoms with Crippen LogP contribution in [-0.4, -0.2) is 38.4 Å². The number of piperidine rings is 1. The number of nitrogens with one attached hydrogen (secondary N) is 1. The van der Waals surface area contributed by atoms with Gasteiger partial charge in [0.2, 0.25) is 10.0 Å². The van der Waals surface area contributed by atoms with Crippen LogP contribution >= 0.6 is 0 Å². The summed E-state index contributed by atoms with van der Waals surface area (Å²) < 4.78 is 53.3. The Bertz CT molecular complexity index is 621. The van der Waals surface area contributed by atoms with Crippen LogP contribution in [0.2, 0.25) is 0 Å². The van der Waals surface area contributed by atoms with E-state index in [0.717, 1.165) is 31.5 Å². The molecule has 2 aliphatic heterocycles. The summed E-state index contributed by atoms with van der Waals surface area (Å²) in [5.74, 6) is -1.53. The minimum Gasteiger partial charge on any atom is -0.315 e. The smallest absolute Gasteiger partial charge is 0.246 e. The van der Waals surface area contributed by atoms with Crippen LogP contribution in [0.1, 0.15) is 12.8 Å². The van der Waals surface area contributed by atoms with Crippen molar-refractivity contribution in [1.29, 1.82) is 0 Å². The Morgan fingerprint density at radius 2 is 2.05 bits per heavy atom. The number of hydrogen-bond donors (Lipinski definition) is 1. The SMILES string of the molecule is O=S(=O)(c1ccc(F)cc1F)N1CCCC2CNCC21. The third kappa shape index (κ3) is 2.23. The maximum atomic E-state index is 13.8. The van der Waals surface area contributed by atoms with Gasteiger partial charge in [0.1, 0.15) is 16.5 Å². The molecule has 0 aromatic heterocycles. The van der Waals surface area contributed by atoms with Gasteiger partial charge in [0.15, 0.2) is 0 Å². The number of nitrogens with zero attached hydrogens (tertiary/aromatic N) is 1. The van der Waals surface area contributed by atoms with E-state index in [-0.39, 0.29) is 12.0 Å². The molecule has 2 fully saturated rings. The normalized spacial score (nSPS) is 27.5. The number of halogens is 2. The molecule has 3 rings (SSSR count). The van der Waals surface area contributed by atoms with Gasteiger partial charge in [-0.3, -0.25) is 0 Å². The molecule has 4 nitrogen and oxygen atoms in total. The van der Waals surface area contributed by atoms with Crippen LogP contribution in [0.15, 0.2) is 23.1 Å². The molecule has 2 saturated heterocycles. The minimum absolute atomic E-state index is 0.127. The monoisotopic (exact) mass is 302 g/mol. The first-order valence-corrected chi connectivity index (χ1v) is 8.12. The lowest BCUT2D eigenvalue weighted by Crippen LogP contribution is -2.48. The summed E-state index contributed by atoms with van der Waals surface area (Å²) in [7, 11) is -3.91. The molecule has 0 bridgehead atoms. The van der Waals surface area contributed by atoms with E-state index >= 15 is 0 Å². The highest BCUT2D eigenvalue weighted by Crippen LogP contribution is 2.32. The Morgan fingerprint density at radius 1 is 1.25 bits per heavy atom. The first kappa shape index (κ1) is 13.9. The van der Waals surface area contributed by atoms with Gasteiger partial charge in [-0.2, -0.15) is 4.31 Å². The zero-order valence-electron chi connectivity index (χ0n) is 10.9. The van der Waals surface area contributed by atoms with Crippen molar-refractivity contribution >= 4 is 10.0 Å². The molecule has 0 radical (unpaired) electrons. The van der Waals surface area contributed by atoms with Crippen LogP contribution in [0, 0.1) is 17.6 Å². The largest absolute Gasteiger partial charge is 0.315 e. The average molecular weight is 302 g/mol. The highest BCUT2D eigenvalue weighted by atomic mass is 32.2. The van der Waals surface area contributed by atoms with Crippen molar-refractivity contribution in [3.63, 3.8) is 0 Å². The Hall–Kier alpha value is -1.05. The molecule has 1 N–H and O–H groups in total. The first-order valence-electron chi connectivity index (χ1n) is 6.68. The van der Waals surface area contributed by atoms with Crippen LogP contribution in [0.25, 0.3) is 0 Å². The standard InChI is InChI=1S/C13H16F2N2O2S/c14-10-3-4-13(11(15)6-10)20(18,19)17-5-1-2-9-7-16-8-12(9)17/h3-4,6,9,12,16H,1-2,5,7-8H2. The van der Waals surface area contributed by atoms with Crippen molar-refractivity contribution in [1.82, 2.24) is 9.62 Å². The van der Waals surface area contributed by atoms with Crippen molar-refractivity contribution in [2.24, 2.45) is 5.92 Å². The van der Waals surface area contributed by atoms with Crippen molar-refractivity contribution in [3.05, 3.63) is 29.8 Å². The summed E-state index contributed by atoms with van der Waals surface area (Å²) in [5.41, 5.74) is 0. The number of hydrogen-bond acceptors (Lipinski definition) is 3. The molecule has 110 valence electrons. The number of benzene rings is 1. The van der Waals surface area contributed by atoms with Crippen LogP contribution in [0.4, 0.5) is 8.78 Å². The van der Waals surface area contributed by atoms with Gasteiger partial charge in [0.25, 0.3) is 0 Å². The lowest BCUT2D eigenvalue weighted by Gasteiger charge is -2.35. The number of sulfonamides is 1. The quantitative estimate of drug-likeness (QED) is 0.897. The topological polar surface area (TPSA) is 49.4 Å². The van der Waals surface area contributed by atoms with Crippen LogP contribution in [0.5, 0.6) is 0 Å². The Balaban J connectivity index is 1.98. The summed E-state index contributed by atoms with van der Waals surface area (Å²) in [6.07, 6.45) is 1.75. The molecule has 2 aliphatic rings. The molecular weight excluding hydrogens is 286 g/mol. The second-order valence-corrected chi connectivity index (χ2v) is 7.18. The summed E-state index contributed by atoms with van der Waals surface area (Å²) in [4.78, 5) is -0.438. The second kappa shape index (κ2) is 5.05. The van der Waals surface area contributed by atoms with Gasteiger partial charge in [0.05, 0.1) is 0 Å². The minimum atomic E-state index is -3.91. The first-order chi connectivity index (χ1) is 9.50. The average Bonchev–Trinajstić information content (AvgIpc) is 2.85. The van der Waals surface area contributed by atoms with E-state index in [4.69, 9.17) is 0 Å². The zero-order chi connectivity index (χ0) is 14.3. The highest BCUT2D eigenvalue weighted by molar-refractivity contribution is 7.89. The lowest BCUT2D eigenvalue weighted by molar-refractivity contribution is 0.217. The van der Waals surface area contributed by atoms with Crippen molar-refractivity contribution in [2.45, 2.75) is 23.8 Å². The molecule has 2 heterocycles. The lowest BCUT2D eigenvalue weighted by atomic mass is 9.94. The molecular formula is C13H16F2N2O2S. The Morgan fingerprint density at radius 3 is 2.80 bits per heavy atom. The molecule has 1 aromatic carbocycles. The maximum Gasteiger partial charge on any atom is 0.246 e. The second-order valence-electron chi connectivity index (χ2n) is 5.32. The van der Waals surface area contributed by atoms with Crippen molar-refractivity contribution < 1.29 is 17.2 Å². The van der Waals surface area contributed by atoms with E-state index in [1.807, 2.05) is 0 Å². The molecule has 20 heavy (non-hydrogen) atoms. The molecule has 2 atom stereocenters. The van der Waals surface area contributed by atoms with E-state index < -0.39 is 26.6 Å². The predicted octanol–water partition coefficient (Wildman–Crippen LogP) is 1.34. The van der Waals surface area contributed by atoms with Crippen LogP contribution in [-0.2, 0) is 10.0 Å². The Labute approximate surface area is 116 Å². The van der Waals surface area contributed by atoms with Gasteiger partial charge < -0.3 is 5.32 Å². The molecule has 7 heteroatoms. The van der Waals surface area contributed by atoms with Gasteiger partial charge in [0, 0.05) is 25.2 Å². The van der Waals surface area contributed by atoms with Gasteiger partial charge in [-0.25, -0.2) is 17.2 Å². The fraction of sp³-hybridized carbons (Fsp3) is 0.538. The fourth-order valence-corrected chi connectivity index (χ4v) is 4.91. The molecule has 0 amide bonds. The highest BCUT2D eigenvalue weighted by Gasteiger charge is 2.42. The van der Waals surface area contributed by atoms with Crippen LogP contribution in [0.3, 0.4) is 0 Å². The van der Waals surface area contributed by atoms with Crippen molar-refractivity contribution in [3.8, 4) is 0 Å². The Kier molecular flexibility index (Phi) is 3.51.